The van der Waals surface area contributed by atoms with Crippen LogP contribution in [0.1, 0.15) is 85.0 Å². The number of ether oxygens (including phenoxy) is 1. The minimum Gasteiger partial charge on any atom is -0.384 e. The number of hydrogen-bond donors (Lipinski definition) is 0. The molecule has 0 radical (unpaired) electrons. The molecule has 0 spiro atoms. The molecule has 0 heterocycles. The SMILES string of the molecule is COC[C@H]1CC[C@]2(C)C3CC[C@@]4(C)C(CCC4[C@H](C)CC(F)(F)F)[C@@H]3CC[C@@H]2C1. The predicted octanol–water partition coefficient (Wildman–Crippen LogP) is 7.50. The van der Waals surface area contributed by atoms with Gasteiger partial charge in [-0.2, -0.15) is 13.2 Å². The lowest BCUT2D eigenvalue weighted by Gasteiger charge is -2.61. The van der Waals surface area contributed by atoms with Crippen LogP contribution in [0.25, 0.3) is 0 Å². The first-order valence-corrected chi connectivity index (χ1v) is 12.1. The minimum absolute atomic E-state index is 0.127. The molecular weight excluding hydrogens is 373 g/mol. The lowest BCUT2D eigenvalue weighted by atomic mass is 9.44. The normalized spacial score (nSPS) is 48.5. The quantitative estimate of drug-likeness (QED) is 0.463. The van der Waals surface area contributed by atoms with Gasteiger partial charge < -0.3 is 4.74 Å². The van der Waals surface area contributed by atoms with Crippen molar-refractivity contribution in [3.05, 3.63) is 0 Å². The Morgan fingerprint density at radius 2 is 1.62 bits per heavy atom. The fourth-order valence-corrected chi connectivity index (χ4v) is 9.22. The fourth-order valence-electron chi connectivity index (χ4n) is 9.22. The van der Waals surface area contributed by atoms with Gasteiger partial charge in [-0.25, -0.2) is 0 Å². The second-order valence-corrected chi connectivity index (χ2v) is 11.8. The molecule has 4 rings (SSSR count). The van der Waals surface area contributed by atoms with Crippen LogP contribution in [0.2, 0.25) is 0 Å². The van der Waals surface area contributed by atoms with Gasteiger partial charge in [0.15, 0.2) is 0 Å². The van der Waals surface area contributed by atoms with Gasteiger partial charge in [0.1, 0.15) is 0 Å². The maximum absolute atomic E-state index is 13.1. The summed E-state index contributed by atoms with van der Waals surface area (Å²) in [5.74, 6) is 3.75. The van der Waals surface area contributed by atoms with E-state index in [0.29, 0.717) is 11.3 Å². The molecule has 4 saturated carbocycles. The van der Waals surface area contributed by atoms with E-state index in [1.807, 2.05) is 14.0 Å². The zero-order valence-electron chi connectivity index (χ0n) is 18.9. The average Bonchev–Trinajstić information content (AvgIpc) is 2.98. The molecule has 0 aromatic heterocycles. The Balaban J connectivity index is 1.50. The van der Waals surface area contributed by atoms with Gasteiger partial charge in [0, 0.05) is 20.1 Å². The predicted molar refractivity (Wildman–Crippen MR) is 110 cm³/mol. The van der Waals surface area contributed by atoms with Crippen LogP contribution in [-0.2, 0) is 4.74 Å². The van der Waals surface area contributed by atoms with E-state index >= 15 is 0 Å². The van der Waals surface area contributed by atoms with Crippen molar-refractivity contribution >= 4 is 0 Å². The Labute approximate surface area is 175 Å². The monoisotopic (exact) mass is 414 g/mol. The van der Waals surface area contributed by atoms with Gasteiger partial charge in [-0.15, -0.1) is 0 Å². The summed E-state index contributed by atoms with van der Waals surface area (Å²) in [6.45, 7) is 7.70. The van der Waals surface area contributed by atoms with Gasteiger partial charge in [0.25, 0.3) is 0 Å². The largest absolute Gasteiger partial charge is 0.389 e. The van der Waals surface area contributed by atoms with Crippen molar-refractivity contribution < 1.29 is 17.9 Å². The first kappa shape index (κ1) is 22.0. The summed E-state index contributed by atoms with van der Waals surface area (Å²) in [7, 11) is 1.82. The topological polar surface area (TPSA) is 9.23 Å². The molecule has 0 bridgehead atoms. The van der Waals surface area contributed by atoms with Crippen LogP contribution in [0.15, 0.2) is 0 Å². The van der Waals surface area contributed by atoms with Gasteiger partial charge in [0.2, 0.25) is 0 Å². The second kappa shape index (κ2) is 7.71. The molecule has 0 aliphatic heterocycles. The molecule has 4 aliphatic carbocycles. The lowest BCUT2D eigenvalue weighted by molar-refractivity contribution is -0.156. The molecule has 1 nitrogen and oxygen atoms in total. The third-order valence-electron chi connectivity index (χ3n) is 10.5. The van der Waals surface area contributed by atoms with E-state index in [2.05, 4.69) is 13.8 Å². The van der Waals surface area contributed by atoms with E-state index < -0.39 is 12.6 Å². The number of halogens is 3. The van der Waals surface area contributed by atoms with Crippen LogP contribution < -0.4 is 0 Å². The standard InChI is InChI=1S/C25H41F3O/c1-16(14-25(26,27)28)20-7-8-21-19-6-5-18-13-17(15-29-4)9-11-23(18,2)22(19)10-12-24(20,21)3/h16-22H,5-15H2,1-4H3/t16-,17+,18-,19+,20?,21?,22?,23+,24-/m1/s1. The highest BCUT2D eigenvalue weighted by atomic mass is 19.4. The zero-order chi connectivity index (χ0) is 21.0. The van der Waals surface area contributed by atoms with Gasteiger partial charge in [-0.05, 0) is 110 Å². The first-order chi connectivity index (χ1) is 13.6. The molecule has 0 N–H and O–H groups in total. The zero-order valence-corrected chi connectivity index (χ0v) is 18.9. The van der Waals surface area contributed by atoms with Crippen LogP contribution in [0.4, 0.5) is 13.2 Å². The van der Waals surface area contributed by atoms with Crippen molar-refractivity contribution in [3.63, 3.8) is 0 Å². The molecule has 4 aliphatic rings. The minimum atomic E-state index is -4.03. The van der Waals surface area contributed by atoms with Gasteiger partial charge in [-0.1, -0.05) is 20.8 Å². The average molecular weight is 415 g/mol. The van der Waals surface area contributed by atoms with E-state index in [0.717, 1.165) is 49.5 Å². The third-order valence-corrected chi connectivity index (χ3v) is 10.5. The Kier molecular flexibility index (Phi) is 5.84. The number of fused-ring (bicyclic) bond motifs is 5. The van der Waals surface area contributed by atoms with Crippen molar-refractivity contribution in [3.8, 4) is 0 Å². The van der Waals surface area contributed by atoms with Gasteiger partial charge in [-0.3, -0.25) is 0 Å². The number of rotatable bonds is 4. The van der Waals surface area contributed by atoms with Crippen LogP contribution >= 0.6 is 0 Å². The Morgan fingerprint density at radius 1 is 0.931 bits per heavy atom. The maximum atomic E-state index is 13.1. The fraction of sp³-hybridized carbons (Fsp3) is 1.00. The molecule has 0 aromatic carbocycles. The molecule has 0 amide bonds. The van der Waals surface area contributed by atoms with E-state index in [-0.39, 0.29) is 17.3 Å². The van der Waals surface area contributed by atoms with Gasteiger partial charge in [0.05, 0.1) is 0 Å². The second-order valence-electron chi connectivity index (χ2n) is 11.8. The molecule has 3 unspecified atom stereocenters. The number of methoxy groups -OCH3 is 1. The highest BCUT2D eigenvalue weighted by Gasteiger charge is 2.60. The summed E-state index contributed by atoms with van der Waals surface area (Å²) in [5, 5.41) is 0. The maximum Gasteiger partial charge on any atom is 0.389 e. The van der Waals surface area contributed by atoms with Crippen LogP contribution in [0, 0.1) is 52.3 Å². The van der Waals surface area contributed by atoms with Crippen molar-refractivity contribution in [1.82, 2.24) is 0 Å². The molecule has 0 aromatic rings. The molecule has 4 fully saturated rings. The van der Waals surface area contributed by atoms with Crippen LogP contribution in [0.3, 0.4) is 0 Å². The van der Waals surface area contributed by atoms with Crippen LogP contribution in [-0.4, -0.2) is 19.9 Å². The van der Waals surface area contributed by atoms with Crippen LogP contribution in [0.5, 0.6) is 0 Å². The van der Waals surface area contributed by atoms with E-state index in [1.54, 1.807) is 0 Å². The molecule has 9 atom stereocenters. The van der Waals surface area contributed by atoms with Gasteiger partial charge >= 0.3 is 6.18 Å². The van der Waals surface area contributed by atoms with Crippen molar-refractivity contribution in [2.75, 3.05) is 13.7 Å². The summed E-state index contributed by atoms with van der Waals surface area (Å²) < 4.78 is 44.7. The summed E-state index contributed by atoms with van der Waals surface area (Å²) >= 11 is 0. The Bertz CT molecular complexity index is 589. The lowest BCUT2D eigenvalue weighted by Crippen LogP contribution is -2.54. The first-order valence-electron chi connectivity index (χ1n) is 12.1. The Morgan fingerprint density at radius 3 is 2.31 bits per heavy atom. The molecule has 168 valence electrons. The highest BCUT2D eigenvalue weighted by molar-refractivity contribution is 5.09. The highest BCUT2D eigenvalue weighted by Crippen LogP contribution is 2.68. The van der Waals surface area contributed by atoms with Crippen molar-refractivity contribution in [2.24, 2.45) is 52.3 Å². The Hall–Kier alpha value is -0.250. The molecule has 29 heavy (non-hydrogen) atoms. The summed E-state index contributed by atoms with van der Waals surface area (Å²) in [5.41, 5.74) is 0.576. The van der Waals surface area contributed by atoms with E-state index in [1.165, 1.54) is 38.5 Å². The molecule has 0 saturated heterocycles. The van der Waals surface area contributed by atoms with E-state index in [9.17, 15) is 13.2 Å². The number of alkyl halides is 3. The summed E-state index contributed by atoms with van der Waals surface area (Å²) in [6.07, 6.45) is 6.51. The van der Waals surface area contributed by atoms with Crippen molar-refractivity contribution in [1.29, 1.82) is 0 Å². The smallest absolute Gasteiger partial charge is 0.384 e. The van der Waals surface area contributed by atoms with E-state index in [4.69, 9.17) is 4.74 Å². The molecule has 4 heteroatoms. The third kappa shape index (κ3) is 3.78. The summed E-state index contributed by atoms with van der Waals surface area (Å²) in [6, 6.07) is 0. The molecular formula is C25H41F3O. The number of hydrogen-bond acceptors (Lipinski definition) is 1. The summed E-state index contributed by atoms with van der Waals surface area (Å²) in [4.78, 5) is 0. The van der Waals surface area contributed by atoms with Crippen molar-refractivity contribution in [2.45, 2.75) is 91.2 Å².